The Bertz CT molecular complexity index is 28.5. The maximum Gasteiger partial charge on any atom is 0 e. The highest BCUT2D eigenvalue weighted by molar-refractivity contribution is 4.24. The minimum atomic E-state index is 0. The van der Waals surface area contributed by atoms with Crippen LogP contribution in [0, 0.1) is 0 Å². The molecule has 0 bridgehead atoms. The van der Waals surface area contributed by atoms with Crippen molar-refractivity contribution in [2.45, 2.75) is 33.1 Å². The fraction of sp³-hybridized carbons (Fsp3) is 1.00. The van der Waals surface area contributed by atoms with E-state index in [9.17, 15) is 0 Å². The van der Waals surface area contributed by atoms with Crippen molar-refractivity contribution < 1.29 is 22.4 Å². The molecule has 64 valence electrons. The maximum atomic E-state index is 2.21. The lowest BCUT2D eigenvalue weighted by molar-refractivity contribution is 0.772. The summed E-state index contributed by atoms with van der Waals surface area (Å²) in [6, 6.07) is 0. The maximum absolute atomic E-state index is 2.21. The SMILES string of the molecule is CCCCC.O.O.[HH].[HH].[HH].[HH].[HH].[HH].[HH].[HH]. The molecule has 0 aliphatic rings. The number of hydrogen-bond donors (Lipinski definition) is 0. The van der Waals surface area contributed by atoms with E-state index in [1.807, 2.05) is 0 Å². The highest BCUT2D eigenvalue weighted by Crippen LogP contribution is 1.88. The zero-order chi connectivity index (χ0) is 4.12. The van der Waals surface area contributed by atoms with Gasteiger partial charge < -0.3 is 11.0 Å². The lowest BCUT2D eigenvalue weighted by atomic mass is 10.3. The van der Waals surface area contributed by atoms with Crippen molar-refractivity contribution >= 4 is 0 Å². The molecule has 0 heterocycles. The Morgan fingerprint density at radius 1 is 1.00 bits per heavy atom. The van der Waals surface area contributed by atoms with Crippen LogP contribution in [0.25, 0.3) is 0 Å². The summed E-state index contributed by atoms with van der Waals surface area (Å²) >= 11 is 0. The Morgan fingerprint density at radius 2 is 1.29 bits per heavy atom. The van der Waals surface area contributed by atoms with Crippen LogP contribution < -0.4 is 0 Å². The van der Waals surface area contributed by atoms with Crippen LogP contribution in [0.5, 0.6) is 0 Å². The molecule has 0 fully saturated rings. The summed E-state index contributed by atoms with van der Waals surface area (Å²) in [6.07, 6.45) is 4.08. The van der Waals surface area contributed by atoms with Crippen LogP contribution >= 0.6 is 0 Å². The van der Waals surface area contributed by atoms with Gasteiger partial charge in [-0.3, -0.25) is 0 Å². The average Bonchev–Trinajstić information content (AvgIpc) is 1.41. The second kappa shape index (κ2) is 16.8. The quantitative estimate of drug-likeness (QED) is 0.543. The fourth-order valence-electron chi connectivity index (χ4n) is 0.354. The van der Waals surface area contributed by atoms with Crippen molar-refractivity contribution in [3.63, 3.8) is 0 Å². The molecule has 7 heavy (non-hydrogen) atoms. The van der Waals surface area contributed by atoms with Gasteiger partial charge in [0, 0.05) is 11.4 Å². The Kier molecular flexibility index (Phi) is 37.9. The molecule has 0 rings (SSSR count). The van der Waals surface area contributed by atoms with E-state index in [4.69, 9.17) is 0 Å². The Balaban J connectivity index is -0.00000000178. The molecule has 0 amide bonds. The standard InChI is InChI=1S/C5H12.2H2O.8H2/c1-3-5-4-2;;;;;;;;;;/h3-5H2,1-2H3;2*1H2;8*1H. The fourth-order valence-corrected chi connectivity index (χ4v) is 0.354. The predicted molar refractivity (Wildman–Crippen MR) is 49.3 cm³/mol. The topological polar surface area (TPSA) is 63.0 Å². The van der Waals surface area contributed by atoms with Gasteiger partial charge in [-0.15, -0.1) is 0 Å². The zero-order valence-electron chi connectivity index (χ0n) is 5.12. The highest BCUT2D eigenvalue weighted by Gasteiger charge is 1.68. The molecule has 0 unspecified atom stereocenters. The monoisotopic (exact) mass is 124 g/mol. The molecule has 0 aliphatic carbocycles. The number of rotatable bonds is 2. The number of hydrogen-bond acceptors (Lipinski definition) is 0. The van der Waals surface area contributed by atoms with E-state index in [1.54, 1.807) is 0 Å². The smallest absolute Gasteiger partial charge is 0 e. The van der Waals surface area contributed by atoms with Crippen molar-refractivity contribution in [2.24, 2.45) is 0 Å². The largest absolute Gasteiger partial charge is 0.412 e. The van der Waals surface area contributed by atoms with Crippen molar-refractivity contribution in [1.82, 2.24) is 0 Å². The van der Waals surface area contributed by atoms with Crippen molar-refractivity contribution in [3.8, 4) is 0 Å². The molecule has 4 N–H and O–H groups in total. The van der Waals surface area contributed by atoms with Gasteiger partial charge >= 0.3 is 0 Å². The molecule has 0 aromatic rings. The molecule has 2 heteroatoms. The van der Waals surface area contributed by atoms with Gasteiger partial charge in [0.2, 0.25) is 0 Å². The van der Waals surface area contributed by atoms with Crippen molar-refractivity contribution in [2.75, 3.05) is 0 Å². The molecule has 0 saturated carbocycles. The summed E-state index contributed by atoms with van der Waals surface area (Å²) in [5, 5.41) is 0. The summed E-state index contributed by atoms with van der Waals surface area (Å²) in [7, 11) is 0. The lowest BCUT2D eigenvalue weighted by Crippen LogP contribution is -1.59. The van der Waals surface area contributed by atoms with Gasteiger partial charge in [-0.05, 0) is 0 Å². The van der Waals surface area contributed by atoms with E-state index >= 15 is 0 Å². The van der Waals surface area contributed by atoms with E-state index in [0.29, 0.717) is 0 Å². The average molecular weight is 124 g/mol. The van der Waals surface area contributed by atoms with Crippen LogP contribution in [0.15, 0.2) is 0 Å². The van der Waals surface area contributed by atoms with Gasteiger partial charge in [0.1, 0.15) is 0 Å². The molecule has 0 saturated heterocycles. The van der Waals surface area contributed by atoms with Crippen LogP contribution in [0.2, 0.25) is 0 Å². The molecule has 2 nitrogen and oxygen atoms in total. The first-order chi connectivity index (χ1) is 2.41. The van der Waals surface area contributed by atoms with E-state index < -0.39 is 0 Å². The van der Waals surface area contributed by atoms with Gasteiger partial charge in [-0.2, -0.15) is 0 Å². The van der Waals surface area contributed by atoms with Crippen molar-refractivity contribution in [3.05, 3.63) is 0 Å². The van der Waals surface area contributed by atoms with Crippen LogP contribution in [0.3, 0.4) is 0 Å². The summed E-state index contributed by atoms with van der Waals surface area (Å²) < 4.78 is 0. The minimum Gasteiger partial charge on any atom is -0.412 e. The molecule has 0 aromatic carbocycles. The first-order valence-electron chi connectivity index (χ1n) is 2.41. The Hall–Kier alpha value is -0.0800. The third kappa shape index (κ3) is 24.7. The van der Waals surface area contributed by atoms with Crippen LogP contribution in [0.4, 0.5) is 0 Å². The summed E-state index contributed by atoms with van der Waals surface area (Å²) in [5.41, 5.74) is 0. The molecule has 0 atom stereocenters. The van der Waals surface area contributed by atoms with Crippen LogP contribution in [0.1, 0.15) is 44.5 Å². The van der Waals surface area contributed by atoms with E-state index in [0.717, 1.165) is 0 Å². The molecule has 0 aromatic heterocycles. The van der Waals surface area contributed by atoms with Gasteiger partial charge in [0.25, 0.3) is 0 Å². The molecular weight excluding hydrogens is 92.1 g/mol. The Labute approximate surface area is 57.0 Å². The van der Waals surface area contributed by atoms with E-state index in [1.165, 1.54) is 19.3 Å². The normalized spacial score (nSPS) is 6.00. The van der Waals surface area contributed by atoms with Gasteiger partial charge in [-0.1, -0.05) is 33.1 Å². The first kappa shape index (κ1) is 15.8. The minimum absolute atomic E-state index is 0. The molecule has 0 spiro atoms. The third-order valence-electron chi connectivity index (χ3n) is 0.707. The van der Waals surface area contributed by atoms with Gasteiger partial charge in [0.05, 0.1) is 0 Å². The second-order valence-electron chi connectivity index (χ2n) is 1.35. The molecule has 0 aliphatic heterocycles. The van der Waals surface area contributed by atoms with Gasteiger partial charge in [-0.25, -0.2) is 0 Å². The summed E-state index contributed by atoms with van der Waals surface area (Å²) in [4.78, 5) is 0. The third-order valence-corrected chi connectivity index (χ3v) is 0.707. The van der Waals surface area contributed by atoms with Gasteiger partial charge in [0.15, 0.2) is 0 Å². The molecular formula is C5H32O2. The van der Waals surface area contributed by atoms with Crippen LogP contribution in [-0.2, 0) is 0 Å². The second-order valence-corrected chi connectivity index (χ2v) is 1.35. The van der Waals surface area contributed by atoms with E-state index in [2.05, 4.69) is 13.8 Å². The lowest BCUT2D eigenvalue weighted by Gasteiger charge is -1.79. The van der Waals surface area contributed by atoms with E-state index in [-0.39, 0.29) is 22.4 Å². The van der Waals surface area contributed by atoms with Crippen LogP contribution in [-0.4, -0.2) is 11.0 Å². The summed E-state index contributed by atoms with van der Waals surface area (Å²) in [5.74, 6) is 0. The Morgan fingerprint density at radius 3 is 1.29 bits per heavy atom. The molecule has 0 radical (unpaired) electrons. The van der Waals surface area contributed by atoms with Crippen molar-refractivity contribution in [1.29, 1.82) is 0 Å². The summed E-state index contributed by atoms with van der Waals surface area (Å²) in [6.45, 7) is 4.42. The first-order valence-corrected chi connectivity index (χ1v) is 2.41. The highest BCUT2D eigenvalue weighted by atomic mass is 16.0. The zero-order valence-corrected chi connectivity index (χ0v) is 5.12. The predicted octanol–water partition coefficient (Wildman–Crippen LogP) is 2.52. The number of unbranched alkanes of at least 4 members (excludes halogenated alkanes) is 2.